The second-order valence-corrected chi connectivity index (χ2v) is 8.22. The maximum Gasteiger partial charge on any atom is 0.326 e. The summed E-state index contributed by atoms with van der Waals surface area (Å²) in [5, 5.41) is 0.0719. The summed E-state index contributed by atoms with van der Waals surface area (Å²) in [6, 6.07) is 18.3. The van der Waals surface area contributed by atoms with Crippen molar-refractivity contribution in [2.75, 3.05) is 11.8 Å². The molecule has 30 heavy (non-hydrogen) atoms. The number of ether oxygens (including phenoxy) is 1. The number of hydrogen-bond acceptors (Lipinski definition) is 5. The maximum absolute atomic E-state index is 12.9. The van der Waals surface area contributed by atoms with Crippen molar-refractivity contribution in [3.05, 3.63) is 87.6 Å². The molecule has 0 fully saturated rings. The van der Waals surface area contributed by atoms with Crippen molar-refractivity contribution < 1.29 is 13.2 Å². The number of hydrogen-bond donors (Lipinski definition) is 3. The first kappa shape index (κ1) is 19.5. The molecule has 152 valence electrons. The van der Waals surface area contributed by atoms with Gasteiger partial charge in [0.1, 0.15) is 5.75 Å². The molecular weight excluding hydrogens is 406 g/mol. The minimum Gasteiger partial charge on any atom is -0.497 e. The molecule has 0 spiro atoms. The van der Waals surface area contributed by atoms with Crippen molar-refractivity contribution in [1.29, 1.82) is 0 Å². The molecule has 4 rings (SSSR count). The summed E-state index contributed by atoms with van der Waals surface area (Å²) in [5.41, 5.74) is 0.980. The Balaban J connectivity index is 1.69. The molecule has 0 saturated carbocycles. The van der Waals surface area contributed by atoms with Gasteiger partial charge in [-0.2, -0.15) is 0 Å². The van der Waals surface area contributed by atoms with Crippen LogP contribution in [-0.2, 0) is 10.0 Å². The van der Waals surface area contributed by atoms with Crippen LogP contribution in [-0.4, -0.2) is 25.5 Å². The molecule has 0 radical (unpaired) electrons. The van der Waals surface area contributed by atoms with Crippen LogP contribution in [0.1, 0.15) is 0 Å². The van der Waals surface area contributed by atoms with Crippen molar-refractivity contribution >= 4 is 26.6 Å². The van der Waals surface area contributed by atoms with Gasteiger partial charge in [-0.3, -0.25) is 14.5 Å². The van der Waals surface area contributed by atoms with E-state index in [9.17, 15) is 18.0 Å². The average molecular weight is 423 g/mol. The molecule has 1 aromatic heterocycles. The zero-order valence-electron chi connectivity index (χ0n) is 15.8. The van der Waals surface area contributed by atoms with E-state index in [0.29, 0.717) is 11.4 Å². The van der Waals surface area contributed by atoms with Crippen molar-refractivity contribution in [1.82, 2.24) is 9.97 Å². The summed E-state index contributed by atoms with van der Waals surface area (Å²) in [5.74, 6) is 0.693. The average Bonchev–Trinajstić information content (AvgIpc) is 2.73. The maximum atomic E-state index is 12.9. The third-order valence-corrected chi connectivity index (χ3v) is 5.92. The predicted molar refractivity (Wildman–Crippen MR) is 114 cm³/mol. The molecule has 0 atom stereocenters. The third kappa shape index (κ3) is 3.83. The molecule has 1 heterocycles. The Labute approximate surface area is 171 Å². The molecule has 9 heteroatoms. The fourth-order valence-corrected chi connectivity index (χ4v) is 4.17. The Morgan fingerprint density at radius 2 is 1.60 bits per heavy atom. The highest BCUT2D eigenvalue weighted by atomic mass is 32.2. The summed E-state index contributed by atoms with van der Waals surface area (Å²) >= 11 is 0. The first-order valence-corrected chi connectivity index (χ1v) is 10.4. The van der Waals surface area contributed by atoms with E-state index in [4.69, 9.17) is 4.74 Å². The van der Waals surface area contributed by atoms with Crippen LogP contribution in [0.5, 0.6) is 5.75 Å². The zero-order valence-corrected chi connectivity index (χ0v) is 16.6. The Bertz CT molecular complexity index is 1470. The highest BCUT2D eigenvalue weighted by Crippen LogP contribution is 2.27. The van der Waals surface area contributed by atoms with E-state index in [2.05, 4.69) is 14.7 Å². The molecule has 0 aliphatic heterocycles. The topological polar surface area (TPSA) is 121 Å². The van der Waals surface area contributed by atoms with E-state index < -0.39 is 21.3 Å². The second-order valence-electron chi connectivity index (χ2n) is 6.53. The van der Waals surface area contributed by atoms with Crippen LogP contribution in [0.2, 0.25) is 0 Å². The number of aromatic nitrogens is 2. The summed E-state index contributed by atoms with van der Waals surface area (Å²) in [7, 11) is -2.39. The lowest BCUT2D eigenvalue weighted by Gasteiger charge is -2.11. The van der Waals surface area contributed by atoms with Crippen LogP contribution in [0.15, 0.2) is 81.2 Å². The minimum atomic E-state index is -3.96. The standard InChI is InChI=1S/C21H17N3O5S/c1-29-16-7-3-5-14(11-16)13-4-2-6-15(10-13)24-30(27,28)17-8-9-19-18(12-17)20(25)23-21(26)22-19/h2-12,24H,1H3,(H2,22,23,25,26). The fraction of sp³-hybridized carbons (Fsp3) is 0.0476. The summed E-state index contributed by atoms with van der Waals surface area (Å²) < 4.78 is 33.5. The molecule has 0 bridgehead atoms. The highest BCUT2D eigenvalue weighted by molar-refractivity contribution is 7.92. The van der Waals surface area contributed by atoms with Crippen molar-refractivity contribution in [2.24, 2.45) is 0 Å². The molecule has 3 N–H and O–H groups in total. The van der Waals surface area contributed by atoms with Gasteiger partial charge in [0.2, 0.25) is 0 Å². The zero-order chi connectivity index (χ0) is 21.3. The number of H-pyrrole nitrogens is 2. The number of fused-ring (bicyclic) bond motifs is 1. The monoisotopic (exact) mass is 423 g/mol. The van der Waals surface area contributed by atoms with E-state index in [-0.39, 0.29) is 15.8 Å². The van der Waals surface area contributed by atoms with Gasteiger partial charge in [0.15, 0.2) is 0 Å². The molecule has 0 aliphatic carbocycles. The molecular formula is C21H17N3O5S. The smallest absolute Gasteiger partial charge is 0.326 e. The normalized spacial score (nSPS) is 11.4. The van der Waals surface area contributed by atoms with Gasteiger partial charge in [-0.05, 0) is 53.6 Å². The van der Waals surface area contributed by atoms with E-state index >= 15 is 0 Å². The summed E-state index contributed by atoms with van der Waals surface area (Å²) in [4.78, 5) is 27.8. The molecule has 0 saturated heterocycles. The Morgan fingerprint density at radius 1 is 0.867 bits per heavy atom. The van der Waals surface area contributed by atoms with Crippen LogP contribution in [0.3, 0.4) is 0 Å². The lowest BCUT2D eigenvalue weighted by Crippen LogP contribution is -2.22. The van der Waals surface area contributed by atoms with E-state index in [1.165, 1.54) is 18.2 Å². The number of nitrogens with one attached hydrogen (secondary N) is 3. The van der Waals surface area contributed by atoms with Gasteiger partial charge in [0.25, 0.3) is 15.6 Å². The first-order valence-electron chi connectivity index (χ1n) is 8.89. The summed E-state index contributed by atoms with van der Waals surface area (Å²) in [6.07, 6.45) is 0. The molecule has 4 aromatic rings. The number of aromatic amines is 2. The van der Waals surface area contributed by atoms with Crippen LogP contribution in [0, 0.1) is 0 Å². The number of sulfonamides is 1. The van der Waals surface area contributed by atoms with Gasteiger partial charge in [0, 0.05) is 5.69 Å². The van der Waals surface area contributed by atoms with Gasteiger partial charge in [0.05, 0.1) is 22.9 Å². The van der Waals surface area contributed by atoms with E-state index in [1.54, 1.807) is 25.3 Å². The number of anilines is 1. The quantitative estimate of drug-likeness (QED) is 0.456. The number of rotatable bonds is 5. The summed E-state index contributed by atoms with van der Waals surface area (Å²) in [6.45, 7) is 0. The largest absolute Gasteiger partial charge is 0.497 e. The fourth-order valence-electron chi connectivity index (χ4n) is 3.09. The lowest BCUT2D eigenvalue weighted by atomic mass is 10.1. The lowest BCUT2D eigenvalue weighted by molar-refractivity contribution is 0.415. The predicted octanol–water partition coefficient (Wildman–Crippen LogP) is 2.69. The third-order valence-electron chi connectivity index (χ3n) is 4.54. The van der Waals surface area contributed by atoms with Crippen LogP contribution in [0.25, 0.3) is 22.0 Å². The van der Waals surface area contributed by atoms with Gasteiger partial charge >= 0.3 is 5.69 Å². The van der Waals surface area contributed by atoms with Crippen LogP contribution >= 0.6 is 0 Å². The molecule has 0 aliphatic rings. The number of benzene rings is 3. The first-order chi connectivity index (χ1) is 14.4. The molecule has 8 nitrogen and oxygen atoms in total. The van der Waals surface area contributed by atoms with Crippen LogP contribution in [0.4, 0.5) is 5.69 Å². The van der Waals surface area contributed by atoms with Crippen molar-refractivity contribution in [3.8, 4) is 16.9 Å². The van der Waals surface area contributed by atoms with Gasteiger partial charge in [-0.1, -0.05) is 24.3 Å². The Hall–Kier alpha value is -3.85. The molecule has 3 aromatic carbocycles. The van der Waals surface area contributed by atoms with Gasteiger partial charge < -0.3 is 9.72 Å². The van der Waals surface area contributed by atoms with E-state index in [1.807, 2.05) is 30.3 Å². The SMILES string of the molecule is COc1cccc(-c2cccc(NS(=O)(=O)c3ccc4[nH]c(=O)[nH]c(=O)c4c3)c2)c1. The molecule has 0 amide bonds. The Morgan fingerprint density at radius 3 is 2.37 bits per heavy atom. The Kier molecular flexibility index (Phi) is 4.88. The van der Waals surface area contributed by atoms with Crippen LogP contribution < -0.4 is 20.7 Å². The van der Waals surface area contributed by atoms with Crippen molar-refractivity contribution in [2.45, 2.75) is 4.90 Å². The highest BCUT2D eigenvalue weighted by Gasteiger charge is 2.16. The number of methoxy groups -OCH3 is 1. The minimum absolute atomic E-state index is 0.0719. The van der Waals surface area contributed by atoms with Crippen molar-refractivity contribution in [3.63, 3.8) is 0 Å². The van der Waals surface area contributed by atoms with Gasteiger partial charge in [-0.15, -0.1) is 0 Å². The molecule has 0 unspecified atom stereocenters. The van der Waals surface area contributed by atoms with Gasteiger partial charge in [-0.25, -0.2) is 13.2 Å². The van der Waals surface area contributed by atoms with E-state index in [0.717, 1.165) is 11.1 Å². The second kappa shape index (κ2) is 7.53.